The molecule has 1 aliphatic heterocycles. The predicted octanol–water partition coefficient (Wildman–Crippen LogP) is 5.80. The zero-order chi connectivity index (χ0) is 34.4. The Morgan fingerprint density at radius 3 is 1.83 bits per heavy atom. The van der Waals surface area contributed by atoms with Crippen LogP contribution in [-0.2, 0) is 27.2 Å². The summed E-state index contributed by atoms with van der Waals surface area (Å²) in [6.07, 6.45) is -7.30. The van der Waals surface area contributed by atoms with Gasteiger partial charge in [0, 0.05) is 57.8 Å². The van der Waals surface area contributed by atoms with Crippen LogP contribution in [0.15, 0.2) is 42.5 Å². The molecule has 0 N–H and O–H groups in total. The van der Waals surface area contributed by atoms with Crippen LogP contribution < -0.4 is 4.90 Å². The van der Waals surface area contributed by atoms with E-state index in [1.807, 2.05) is 0 Å². The molecule has 8 nitrogen and oxygen atoms in total. The van der Waals surface area contributed by atoms with Gasteiger partial charge in [0.25, 0.3) is 0 Å². The number of nitrogens with zero attached hydrogens (tertiary/aromatic N) is 4. The number of hydrogen-bond donors (Lipinski definition) is 0. The molecule has 0 unspecified atom stereocenters. The van der Waals surface area contributed by atoms with Crippen molar-refractivity contribution < 1.29 is 48.7 Å². The molecular formula is C30H35F7N4O4S. The van der Waals surface area contributed by atoms with Gasteiger partial charge >= 0.3 is 18.4 Å². The summed E-state index contributed by atoms with van der Waals surface area (Å²) in [5.74, 6) is -1.69. The lowest BCUT2D eigenvalue weighted by atomic mass is 9.85. The number of carbonyl (C=O) groups is 2. The second kappa shape index (κ2) is 13.0. The number of carbonyl (C=O) groups excluding carboxylic acids is 2. The Bertz CT molecular complexity index is 1510. The van der Waals surface area contributed by atoms with Crippen molar-refractivity contribution in [1.82, 2.24) is 14.1 Å². The molecule has 4 rings (SSSR count). The molecule has 2 aromatic carbocycles. The molecule has 2 aromatic rings. The second-order valence-electron chi connectivity index (χ2n) is 12.0. The van der Waals surface area contributed by atoms with Gasteiger partial charge in [0.05, 0.1) is 23.4 Å². The minimum Gasteiger partial charge on any atom is -0.340 e. The van der Waals surface area contributed by atoms with Gasteiger partial charge in [-0.05, 0) is 61.6 Å². The van der Waals surface area contributed by atoms with Crippen molar-refractivity contribution >= 4 is 27.6 Å². The van der Waals surface area contributed by atoms with Crippen LogP contribution in [0.25, 0.3) is 0 Å². The van der Waals surface area contributed by atoms with Gasteiger partial charge in [0.15, 0.2) is 0 Å². The molecule has 46 heavy (non-hydrogen) atoms. The molecule has 254 valence electrons. The monoisotopic (exact) mass is 680 g/mol. The maximum Gasteiger partial charge on any atom is 0.416 e. The van der Waals surface area contributed by atoms with E-state index in [0.717, 1.165) is 13.3 Å². The van der Waals surface area contributed by atoms with Crippen LogP contribution in [-0.4, -0.2) is 87.0 Å². The highest BCUT2D eigenvalue weighted by Gasteiger charge is 2.44. The Labute approximate surface area is 262 Å². The van der Waals surface area contributed by atoms with Gasteiger partial charge in [-0.25, -0.2) is 21.9 Å². The summed E-state index contributed by atoms with van der Waals surface area (Å²) in [6, 6.07) is 4.40. The Balaban J connectivity index is 1.58. The molecule has 1 saturated heterocycles. The first-order valence-corrected chi connectivity index (χ1v) is 16.3. The van der Waals surface area contributed by atoms with E-state index in [-0.39, 0.29) is 31.1 Å². The first-order chi connectivity index (χ1) is 21.2. The Hall–Kier alpha value is -3.40. The maximum absolute atomic E-state index is 13.8. The zero-order valence-electron chi connectivity index (χ0n) is 25.6. The van der Waals surface area contributed by atoms with Crippen molar-refractivity contribution in [2.24, 2.45) is 5.92 Å². The molecule has 1 heterocycles. The second-order valence-corrected chi connectivity index (χ2v) is 14.0. The SMILES string of the molecule is CN(C(=O)N(C)[C@@H]1CN(C(=O)C2CCC(N(C)S(C)(=O)=O)CC2)C[C@H]1c1ccc(F)cc1)c1cc(C(F)(F)F)cc(C(F)(F)F)c1. The summed E-state index contributed by atoms with van der Waals surface area (Å²) in [5, 5.41) is 0. The first kappa shape index (κ1) is 35.5. The summed E-state index contributed by atoms with van der Waals surface area (Å²) in [6.45, 7) is 0.137. The number of amides is 3. The van der Waals surface area contributed by atoms with Crippen molar-refractivity contribution in [3.63, 3.8) is 0 Å². The number of alkyl halides is 6. The third kappa shape index (κ3) is 7.76. The minimum atomic E-state index is -5.11. The van der Waals surface area contributed by atoms with E-state index in [0.29, 0.717) is 48.3 Å². The third-order valence-electron chi connectivity index (χ3n) is 9.03. The average Bonchev–Trinajstić information content (AvgIpc) is 3.43. The summed E-state index contributed by atoms with van der Waals surface area (Å²) in [7, 11) is 0.490. The van der Waals surface area contributed by atoms with Crippen LogP contribution >= 0.6 is 0 Å². The highest BCUT2D eigenvalue weighted by molar-refractivity contribution is 7.88. The lowest BCUT2D eigenvalue weighted by Crippen LogP contribution is -2.48. The zero-order valence-corrected chi connectivity index (χ0v) is 26.4. The Morgan fingerprint density at radius 2 is 1.35 bits per heavy atom. The van der Waals surface area contributed by atoms with Gasteiger partial charge < -0.3 is 9.80 Å². The fourth-order valence-corrected chi connectivity index (χ4v) is 6.99. The molecule has 2 aliphatic rings. The average molecular weight is 681 g/mol. The number of rotatable bonds is 6. The molecule has 0 bridgehead atoms. The normalized spacial score (nSPS) is 22.7. The van der Waals surface area contributed by atoms with Crippen molar-refractivity contribution in [3.8, 4) is 0 Å². The quantitative estimate of drug-likeness (QED) is 0.362. The van der Waals surface area contributed by atoms with Crippen molar-refractivity contribution in [2.45, 2.75) is 56.0 Å². The molecule has 1 aliphatic carbocycles. The number of anilines is 1. The summed E-state index contributed by atoms with van der Waals surface area (Å²) in [5.41, 5.74) is -3.18. The van der Waals surface area contributed by atoms with Crippen molar-refractivity contribution in [3.05, 3.63) is 65.0 Å². The number of likely N-dealkylation sites (N-methyl/N-ethyl adjacent to an activating group) is 1. The first-order valence-electron chi connectivity index (χ1n) is 14.5. The number of benzene rings is 2. The standard InChI is InChI=1S/C30H35F7N4O4S/c1-38(24-14-20(29(32,33)34)13-21(15-24)30(35,36)37)28(43)39(2)26-17-41(16-25(26)18-5-9-22(31)10-6-18)27(42)19-7-11-23(12-8-19)40(3)46(4,44)45/h5-6,9-10,13-15,19,23,25-26H,7-8,11-12,16-17H2,1-4H3/t19?,23?,25-,26+/m0/s1. The van der Waals surface area contributed by atoms with Gasteiger partial charge in [0.2, 0.25) is 15.9 Å². The van der Waals surface area contributed by atoms with E-state index in [4.69, 9.17) is 0 Å². The van der Waals surface area contributed by atoms with Crippen LogP contribution in [0.3, 0.4) is 0 Å². The van der Waals surface area contributed by atoms with Gasteiger partial charge in [-0.3, -0.25) is 9.69 Å². The number of urea groups is 1. The van der Waals surface area contributed by atoms with E-state index in [9.17, 15) is 48.7 Å². The minimum absolute atomic E-state index is 0.0104. The topological polar surface area (TPSA) is 81.2 Å². The molecule has 3 amide bonds. The van der Waals surface area contributed by atoms with Crippen LogP contribution in [0.4, 0.5) is 41.2 Å². The molecule has 1 saturated carbocycles. The number of sulfonamides is 1. The molecule has 2 fully saturated rings. The fraction of sp³-hybridized carbons (Fsp3) is 0.533. The summed E-state index contributed by atoms with van der Waals surface area (Å²) in [4.78, 5) is 30.7. The molecular weight excluding hydrogens is 645 g/mol. The number of halogens is 7. The van der Waals surface area contributed by atoms with Crippen LogP contribution in [0, 0.1) is 11.7 Å². The Kier molecular flexibility index (Phi) is 10.0. The van der Waals surface area contributed by atoms with Gasteiger partial charge in [-0.1, -0.05) is 12.1 Å². The third-order valence-corrected chi connectivity index (χ3v) is 10.4. The van der Waals surface area contributed by atoms with Crippen molar-refractivity contribution in [2.75, 3.05) is 45.4 Å². The maximum atomic E-state index is 13.8. The van der Waals surface area contributed by atoms with E-state index in [2.05, 4.69) is 0 Å². The summed E-state index contributed by atoms with van der Waals surface area (Å²) >= 11 is 0. The number of likely N-dealkylation sites (tertiary alicyclic amines) is 1. The van der Waals surface area contributed by atoms with Gasteiger partial charge in [-0.15, -0.1) is 0 Å². The molecule has 0 radical (unpaired) electrons. The predicted molar refractivity (Wildman–Crippen MR) is 156 cm³/mol. The van der Waals surface area contributed by atoms with E-state index >= 15 is 0 Å². The van der Waals surface area contributed by atoms with E-state index in [1.54, 1.807) is 4.90 Å². The number of hydrogen-bond acceptors (Lipinski definition) is 4. The molecule has 0 spiro atoms. The summed E-state index contributed by atoms with van der Waals surface area (Å²) < 4.78 is 120. The molecule has 2 atom stereocenters. The highest BCUT2D eigenvalue weighted by Crippen LogP contribution is 2.39. The van der Waals surface area contributed by atoms with Crippen LogP contribution in [0.1, 0.15) is 48.3 Å². The lowest BCUT2D eigenvalue weighted by molar-refractivity contribution is -0.143. The van der Waals surface area contributed by atoms with E-state index < -0.39 is 68.9 Å². The fourth-order valence-electron chi connectivity index (χ4n) is 6.23. The van der Waals surface area contributed by atoms with Crippen LogP contribution in [0.5, 0.6) is 0 Å². The largest absolute Gasteiger partial charge is 0.416 e. The molecule has 0 aromatic heterocycles. The Morgan fingerprint density at radius 1 is 0.826 bits per heavy atom. The lowest BCUT2D eigenvalue weighted by Gasteiger charge is -2.34. The van der Waals surface area contributed by atoms with Crippen LogP contribution in [0.2, 0.25) is 0 Å². The van der Waals surface area contributed by atoms with Gasteiger partial charge in [0.1, 0.15) is 5.82 Å². The van der Waals surface area contributed by atoms with E-state index in [1.165, 1.54) is 47.6 Å². The van der Waals surface area contributed by atoms with Gasteiger partial charge in [-0.2, -0.15) is 26.3 Å². The molecule has 16 heteroatoms. The van der Waals surface area contributed by atoms with Crippen molar-refractivity contribution in [1.29, 1.82) is 0 Å². The smallest absolute Gasteiger partial charge is 0.340 e. The highest BCUT2D eigenvalue weighted by atomic mass is 32.2.